The Labute approximate surface area is 156 Å². The van der Waals surface area contributed by atoms with Gasteiger partial charge in [-0.1, -0.05) is 13.8 Å². The molecule has 0 radical (unpaired) electrons. The summed E-state index contributed by atoms with van der Waals surface area (Å²) in [6.45, 7) is 6.13. The molecule has 3 N–H and O–H groups in total. The fourth-order valence-corrected chi connectivity index (χ4v) is 4.18. The predicted octanol–water partition coefficient (Wildman–Crippen LogP) is 2.59. The molecule has 144 valence electrons. The van der Waals surface area contributed by atoms with Crippen molar-refractivity contribution in [2.24, 2.45) is 17.1 Å². The molecule has 4 rings (SSSR count). The lowest BCUT2D eigenvalue weighted by Crippen LogP contribution is -2.28. The van der Waals surface area contributed by atoms with Gasteiger partial charge in [-0.3, -0.25) is 4.79 Å². The first-order valence-electron chi connectivity index (χ1n) is 9.29. The number of benzene rings is 1. The van der Waals surface area contributed by atoms with Crippen LogP contribution in [-0.2, 0) is 0 Å². The van der Waals surface area contributed by atoms with Crippen LogP contribution >= 0.6 is 0 Å². The first-order valence-corrected chi connectivity index (χ1v) is 9.29. The van der Waals surface area contributed by atoms with Gasteiger partial charge in [0.15, 0.2) is 0 Å². The number of carboxylic acid groups (broad SMARTS) is 1. The molecule has 6 nitrogen and oxygen atoms in total. The molecule has 1 aromatic heterocycles. The second-order valence-electron chi connectivity index (χ2n) is 8.44. The highest BCUT2D eigenvalue weighted by atomic mass is 19.1. The van der Waals surface area contributed by atoms with E-state index in [-0.39, 0.29) is 28.3 Å². The fraction of sp³-hybridized carbons (Fsp3) is 0.500. The Morgan fingerprint density at radius 3 is 2.63 bits per heavy atom. The summed E-state index contributed by atoms with van der Waals surface area (Å²) < 4.78 is 16.8. The van der Waals surface area contributed by atoms with E-state index < -0.39 is 17.2 Å². The van der Waals surface area contributed by atoms with Crippen LogP contribution in [0.25, 0.3) is 10.9 Å². The van der Waals surface area contributed by atoms with Crippen molar-refractivity contribution >= 4 is 22.6 Å². The molecule has 2 aromatic rings. The molecule has 1 atom stereocenters. The highest BCUT2D eigenvalue weighted by Crippen LogP contribution is 2.41. The van der Waals surface area contributed by atoms with Gasteiger partial charge in [-0.25, -0.2) is 9.18 Å². The van der Waals surface area contributed by atoms with Crippen molar-refractivity contribution in [1.82, 2.24) is 4.57 Å². The minimum absolute atomic E-state index is 0.0283. The smallest absolute Gasteiger partial charge is 0.341 e. The van der Waals surface area contributed by atoms with E-state index in [0.29, 0.717) is 30.8 Å². The van der Waals surface area contributed by atoms with Gasteiger partial charge in [0.05, 0.1) is 11.2 Å². The summed E-state index contributed by atoms with van der Waals surface area (Å²) in [7, 11) is 0. The van der Waals surface area contributed by atoms with Crippen LogP contribution in [0.15, 0.2) is 23.1 Å². The molecule has 2 heterocycles. The molecule has 1 unspecified atom stereocenters. The Kier molecular flexibility index (Phi) is 4.03. The molecule has 2 aliphatic rings. The standard InChI is InChI=1S/C20H24FN3O3/c1-20(2)10-23(8-11(20)7-22)17-6-16-13(5-15(17)21)18(25)14(19(26)27)9-24(16)12-3-4-12/h5-6,9,11-12H,3-4,7-8,10,22H2,1-2H3,(H,26,27). The van der Waals surface area contributed by atoms with Gasteiger partial charge in [0, 0.05) is 30.7 Å². The molecule has 7 heteroatoms. The van der Waals surface area contributed by atoms with E-state index >= 15 is 0 Å². The maximum absolute atomic E-state index is 14.9. The zero-order chi connectivity index (χ0) is 19.5. The van der Waals surface area contributed by atoms with Gasteiger partial charge in [-0.2, -0.15) is 0 Å². The van der Waals surface area contributed by atoms with Gasteiger partial charge in [0.1, 0.15) is 11.4 Å². The van der Waals surface area contributed by atoms with Gasteiger partial charge in [0.25, 0.3) is 0 Å². The van der Waals surface area contributed by atoms with Crippen LogP contribution in [-0.4, -0.2) is 35.3 Å². The number of fused-ring (bicyclic) bond motifs is 1. The summed E-state index contributed by atoms with van der Waals surface area (Å²) in [5.74, 6) is -1.53. The minimum Gasteiger partial charge on any atom is -0.477 e. The average Bonchev–Trinajstić information content (AvgIpc) is 3.38. The van der Waals surface area contributed by atoms with E-state index in [4.69, 9.17) is 5.73 Å². The maximum atomic E-state index is 14.9. The zero-order valence-corrected chi connectivity index (χ0v) is 15.5. The van der Waals surface area contributed by atoms with Gasteiger partial charge >= 0.3 is 5.97 Å². The predicted molar refractivity (Wildman–Crippen MR) is 102 cm³/mol. The molecule has 1 saturated heterocycles. The highest BCUT2D eigenvalue weighted by Gasteiger charge is 2.39. The lowest BCUT2D eigenvalue weighted by atomic mass is 9.82. The number of carbonyl (C=O) groups is 1. The van der Waals surface area contributed by atoms with E-state index in [1.165, 1.54) is 12.3 Å². The van der Waals surface area contributed by atoms with Crippen LogP contribution in [0.1, 0.15) is 43.1 Å². The molecule has 27 heavy (non-hydrogen) atoms. The molecule has 0 bridgehead atoms. The lowest BCUT2D eigenvalue weighted by molar-refractivity contribution is 0.0695. The number of aromatic carboxylic acids is 1. The second-order valence-corrected chi connectivity index (χ2v) is 8.44. The van der Waals surface area contributed by atoms with Crippen molar-refractivity contribution in [1.29, 1.82) is 0 Å². The summed E-state index contributed by atoms with van der Waals surface area (Å²) in [5.41, 5.74) is 5.96. The lowest BCUT2D eigenvalue weighted by Gasteiger charge is -2.24. The van der Waals surface area contributed by atoms with E-state index in [0.717, 1.165) is 12.8 Å². The minimum atomic E-state index is -1.28. The molecule has 0 spiro atoms. The van der Waals surface area contributed by atoms with E-state index in [1.54, 1.807) is 6.07 Å². The summed E-state index contributed by atoms with van der Waals surface area (Å²) in [6, 6.07) is 3.06. The Bertz CT molecular complexity index is 994. The third-order valence-electron chi connectivity index (χ3n) is 6.04. The third kappa shape index (κ3) is 2.90. The molecular formula is C20H24FN3O3. The summed E-state index contributed by atoms with van der Waals surface area (Å²) >= 11 is 0. The SMILES string of the molecule is CC1(C)CN(c2cc3c(cc2F)c(=O)c(C(=O)O)cn3C2CC2)CC1CN. The van der Waals surface area contributed by atoms with Gasteiger partial charge in [-0.05, 0) is 42.9 Å². The Hall–Kier alpha value is -2.41. The number of rotatable bonds is 4. The second kappa shape index (κ2) is 6.05. The number of pyridine rings is 1. The van der Waals surface area contributed by atoms with E-state index in [9.17, 15) is 19.1 Å². The van der Waals surface area contributed by atoms with Gasteiger partial charge in [-0.15, -0.1) is 0 Å². The molecule has 1 aliphatic heterocycles. The molecule has 2 fully saturated rings. The molecule has 1 aromatic carbocycles. The van der Waals surface area contributed by atoms with Crippen molar-refractivity contribution in [2.75, 3.05) is 24.5 Å². The van der Waals surface area contributed by atoms with E-state index in [1.807, 2.05) is 9.47 Å². The number of carboxylic acids is 1. The van der Waals surface area contributed by atoms with Crippen LogP contribution in [0.5, 0.6) is 0 Å². The number of hydrogen-bond donors (Lipinski definition) is 2. The number of hydrogen-bond acceptors (Lipinski definition) is 4. The summed E-state index contributed by atoms with van der Waals surface area (Å²) in [5, 5.41) is 9.46. The number of nitrogens with two attached hydrogens (primary N) is 1. The quantitative estimate of drug-likeness (QED) is 0.860. The largest absolute Gasteiger partial charge is 0.477 e. The van der Waals surface area contributed by atoms with E-state index in [2.05, 4.69) is 13.8 Å². The van der Waals surface area contributed by atoms with Crippen molar-refractivity contribution in [3.63, 3.8) is 0 Å². The fourth-order valence-electron chi connectivity index (χ4n) is 4.18. The molecule has 1 aliphatic carbocycles. The first kappa shape index (κ1) is 18.0. The van der Waals surface area contributed by atoms with Crippen molar-refractivity contribution in [3.05, 3.63) is 39.9 Å². The Balaban J connectivity index is 1.89. The van der Waals surface area contributed by atoms with Crippen molar-refractivity contribution in [3.8, 4) is 0 Å². The van der Waals surface area contributed by atoms with Crippen LogP contribution in [0.4, 0.5) is 10.1 Å². The highest BCUT2D eigenvalue weighted by molar-refractivity contribution is 5.93. The number of aromatic nitrogens is 1. The zero-order valence-electron chi connectivity index (χ0n) is 15.5. The van der Waals surface area contributed by atoms with Crippen LogP contribution in [0.3, 0.4) is 0 Å². The average molecular weight is 373 g/mol. The normalized spacial score (nSPS) is 21.8. The first-order chi connectivity index (χ1) is 12.7. The number of halogens is 1. The number of anilines is 1. The molecule has 0 amide bonds. The van der Waals surface area contributed by atoms with Crippen molar-refractivity contribution < 1.29 is 14.3 Å². The monoisotopic (exact) mass is 373 g/mol. The van der Waals surface area contributed by atoms with Gasteiger partial charge in [0.2, 0.25) is 5.43 Å². The Morgan fingerprint density at radius 1 is 1.37 bits per heavy atom. The summed E-state index contributed by atoms with van der Waals surface area (Å²) in [4.78, 5) is 26.0. The van der Waals surface area contributed by atoms with Crippen LogP contribution in [0, 0.1) is 17.2 Å². The van der Waals surface area contributed by atoms with Crippen LogP contribution < -0.4 is 16.1 Å². The van der Waals surface area contributed by atoms with Crippen molar-refractivity contribution in [2.45, 2.75) is 32.7 Å². The number of nitrogens with zero attached hydrogens (tertiary/aromatic N) is 2. The van der Waals surface area contributed by atoms with Gasteiger partial charge < -0.3 is 20.3 Å². The maximum Gasteiger partial charge on any atom is 0.341 e. The van der Waals surface area contributed by atoms with Crippen LogP contribution in [0.2, 0.25) is 0 Å². The Morgan fingerprint density at radius 2 is 2.07 bits per heavy atom. The topological polar surface area (TPSA) is 88.6 Å². The molecular weight excluding hydrogens is 349 g/mol. The molecule has 1 saturated carbocycles. The third-order valence-corrected chi connectivity index (χ3v) is 6.04. The summed E-state index contributed by atoms with van der Waals surface area (Å²) in [6.07, 6.45) is 3.26.